The SMILES string of the molecule is Cc1cc(-c2cccc(CO)c2)cn2cc(-c3cccc4ccccc34)nc12. The number of nitrogens with zero attached hydrogens (tertiary/aromatic N) is 2. The third-order valence-electron chi connectivity index (χ3n) is 5.24. The number of aryl methyl sites for hydroxylation is 1. The lowest BCUT2D eigenvalue weighted by molar-refractivity contribution is 0.282. The van der Waals surface area contributed by atoms with E-state index in [0.717, 1.165) is 39.2 Å². The Hall–Kier alpha value is -3.43. The van der Waals surface area contributed by atoms with E-state index in [1.807, 2.05) is 18.2 Å². The molecule has 136 valence electrons. The van der Waals surface area contributed by atoms with Crippen LogP contribution >= 0.6 is 0 Å². The van der Waals surface area contributed by atoms with Crippen molar-refractivity contribution < 1.29 is 5.11 Å². The zero-order valence-corrected chi connectivity index (χ0v) is 15.6. The van der Waals surface area contributed by atoms with Gasteiger partial charge in [-0.3, -0.25) is 0 Å². The Morgan fingerprint density at radius 2 is 1.68 bits per heavy atom. The number of hydrogen-bond acceptors (Lipinski definition) is 2. The van der Waals surface area contributed by atoms with Crippen LogP contribution in [0.3, 0.4) is 0 Å². The maximum absolute atomic E-state index is 9.44. The average molecular weight is 364 g/mol. The lowest BCUT2D eigenvalue weighted by Gasteiger charge is -2.07. The van der Waals surface area contributed by atoms with E-state index in [2.05, 4.69) is 78.3 Å². The van der Waals surface area contributed by atoms with Crippen molar-refractivity contribution in [3.8, 4) is 22.4 Å². The molecule has 3 aromatic carbocycles. The van der Waals surface area contributed by atoms with Gasteiger partial charge in [-0.1, -0.05) is 60.7 Å². The minimum Gasteiger partial charge on any atom is -0.392 e. The second-order valence-corrected chi connectivity index (χ2v) is 7.15. The molecule has 3 heteroatoms. The summed E-state index contributed by atoms with van der Waals surface area (Å²) in [5.74, 6) is 0. The first-order valence-electron chi connectivity index (χ1n) is 9.40. The number of imidazole rings is 1. The fourth-order valence-corrected chi connectivity index (χ4v) is 3.85. The molecule has 2 aromatic heterocycles. The van der Waals surface area contributed by atoms with E-state index in [1.165, 1.54) is 10.8 Å². The number of fused-ring (bicyclic) bond motifs is 2. The molecule has 0 amide bonds. The molecular weight excluding hydrogens is 344 g/mol. The summed E-state index contributed by atoms with van der Waals surface area (Å²) in [7, 11) is 0. The van der Waals surface area contributed by atoms with Crippen LogP contribution in [0, 0.1) is 6.92 Å². The summed E-state index contributed by atoms with van der Waals surface area (Å²) >= 11 is 0. The second kappa shape index (κ2) is 6.63. The maximum atomic E-state index is 9.44. The van der Waals surface area contributed by atoms with Gasteiger partial charge in [0, 0.05) is 18.0 Å². The smallest absolute Gasteiger partial charge is 0.140 e. The molecule has 3 nitrogen and oxygen atoms in total. The Bertz CT molecular complexity index is 1310. The first-order valence-corrected chi connectivity index (χ1v) is 9.40. The Morgan fingerprint density at radius 3 is 2.57 bits per heavy atom. The van der Waals surface area contributed by atoms with Crippen molar-refractivity contribution in [3.63, 3.8) is 0 Å². The van der Waals surface area contributed by atoms with E-state index in [1.54, 1.807) is 0 Å². The highest BCUT2D eigenvalue weighted by atomic mass is 16.3. The van der Waals surface area contributed by atoms with Crippen molar-refractivity contribution in [1.82, 2.24) is 9.38 Å². The van der Waals surface area contributed by atoms with Gasteiger partial charge in [-0.05, 0) is 52.1 Å². The number of aliphatic hydroxyl groups excluding tert-OH is 1. The first-order chi connectivity index (χ1) is 13.7. The summed E-state index contributed by atoms with van der Waals surface area (Å²) in [5.41, 5.74) is 7.33. The normalized spacial score (nSPS) is 11.4. The zero-order chi connectivity index (χ0) is 19.1. The van der Waals surface area contributed by atoms with Crippen LogP contribution < -0.4 is 0 Å². The molecule has 1 N–H and O–H groups in total. The highest BCUT2D eigenvalue weighted by molar-refractivity contribution is 5.96. The average Bonchev–Trinajstić information content (AvgIpc) is 3.18. The summed E-state index contributed by atoms with van der Waals surface area (Å²) in [4.78, 5) is 4.92. The van der Waals surface area contributed by atoms with E-state index in [4.69, 9.17) is 4.98 Å². The summed E-state index contributed by atoms with van der Waals surface area (Å²) in [5, 5.41) is 11.9. The van der Waals surface area contributed by atoms with Gasteiger partial charge < -0.3 is 9.51 Å². The molecule has 5 aromatic rings. The van der Waals surface area contributed by atoms with Gasteiger partial charge in [0.2, 0.25) is 0 Å². The molecule has 0 fully saturated rings. The van der Waals surface area contributed by atoms with Crippen molar-refractivity contribution in [2.45, 2.75) is 13.5 Å². The van der Waals surface area contributed by atoms with Crippen molar-refractivity contribution >= 4 is 16.4 Å². The molecule has 0 aliphatic carbocycles. The Kier molecular flexibility index (Phi) is 3.96. The molecular formula is C25H20N2O. The predicted molar refractivity (Wildman–Crippen MR) is 114 cm³/mol. The fourth-order valence-electron chi connectivity index (χ4n) is 3.85. The van der Waals surface area contributed by atoms with Gasteiger partial charge in [0.05, 0.1) is 12.3 Å². The van der Waals surface area contributed by atoms with Crippen molar-refractivity contribution in [1.29, 1.82) is 0 Å². The minimum absolute atomic E-state index is 0.0470. The zero-order valence-electron chi connectivity index (χ0n) is 15.6. The quantitative estimate of drug-likeness (QED) is 0.451. The molecule has 2 heterocycles. The lowest BCUT2D eigenvalue weighted by atomic mass is 10.0. The topological polar surface area (TPSA) is 37.5 Å². The van der Waals surface area contributed by atoms with Gasteiger partial charge in [-0.15, -0.1) is 0 Å². The van der Waals surface area contributed by atoms with Crippen LogP contribution in [-0.2, 0) is 6.61 Å². The molecule has 5 rings (SSSR count). The number of aliphatic hydroxyl groups is 1. The summed E-state index contributed by atoms with van der Waals surface area (Å²) in [6.07, 6.45) is 4.21. The summed E-state index contributed by atoms with van der Waals surface area (Å²) in [6, 6.07) is 24.9. The Morgan fingerprint density at radius 1 is 0.857 bits per heavy atom. The summed E-state index contributed by atoms with van der Waals surface area (Å²) < 4.78 is 2.10. The third-order valence-corrected chi connectivity index (χ3v) is 5.24. The van der Waals surface area contributed by atoms with Crippen molar-refractivity contribution in [2.24, 2.45) is 0 Å². The Balaban J connectivity index is 1.68. The number of benzene rings is 3. The fraction of sp³-hybridized carbons (Fsp3) is 0.0800. The highest BCUT2D eigenvalue weighted by Gasteiger charge is 2.11. The largest absolute Gasteiger partial charge is 0.392 e. The van der Waals surface area contributed by atoms with Gasteiger partial charge in [0.25, 0.3) is 0 Å². The number of rotatable bonds is 3. The van der Waals surface area contributed by atoms with Crippen LogP contribution in [0.2, 0.25) is 0 Å². The Labute approximate surface area is 163 Å². The van der Waals surface area contributed by atoms with E-state index < -0.39 is 0 Å². The van der Waals surface area contributed by atoms with Crippen LogP contribution in [0.1, 0.15) is 11.1 Å². The minimum atomic E-state index is 0.0470. The van der Waals surface area contributed by atoms with E-state index in [9.17, 15) is 5.11 Å². The van der Waals surface area contributed by atoms with E-state index in [0.29, 0.717) is 0 Å². The number of aromatic nitrogens is 2. The first kappa shape index (κ1) is 16.7. The van der Waals surface area contributed by atoms with E-state index >= 15 is 0 Å². The van der Waals surface area contributed by atoms with Gasteiger partial charge in [0.1, 0.15) is 5.65 Å². The molecule has 0 spiro atoms. The highest BCUT2D eigenvalue weighted by Crippen LogP contribution is 2.30. The molecule has 0 saturated carbocycles. The van der Waals surface area contributed by atoms with Crippen LogP contribution in [0.5, 0.6) is 0 Å². The molecule has 0 atom stereocenters. The van der Waals surface area contributed by atoms with Crippen molar-refractivity contribution in [3.05, 3.63) is 96.3 Å². The molecule has 0 aliphatic rings. The van der Waals surface area contributed by atoms with Crippen LogP contribution in [0.15, 0.2) is 85.2 Å². The van der Waals surface area contributed by atoms with Crippen LogP contribution in [0.4, 0.5) is 0 Å². The molecule has 0 saturated heterocycles. The molecule has 0 unspecified atom stereocenters. The lowest BCUT2D eigenvalue weighted by Crippen LogP contribution is -1.91. The molecule has 0 bridgehead atoms. The maximum Gasteiger partial charge on any atom is 0.140 e. The molecule has 0 aliphatic heterocycles. The monoisotopic (exact) mass is 364 g/mol. The van der Waals surface area contributed by atoms with Gasteiger partial charge in [0.15, 0.2) is 0 Å². The van der Waals surface area contributed by atoms with E-state index in [-0.39, 0.29) is 6.61 Å². The van der Waals surface area contributed by atoms with Crippen LogP contribution in [0.25, 0.3) is 38.8 Å². The summed E-state index contributed by atoms with van der Waals surface area (Å²) in [6.45, 7) is 2.14. The van der Waals surface area contributed by atoms with Gasteiger partial charge >= 0.3 is 0 Å². The molecule has 0 radical (unpaired) electrons. The number of hydrogen-bond donors (Lipinski definition) is 1. The number of pyridine rings is 1. The van der Waals surface area contributed by atoms with Crippen molar-refractivity contribution in [2.75, 3.05) is 0 Å². The van der Waals surface area contributed by atoms with Gasteiger partial charge in [-0.25, -0.2) is 4.98 Å². The van der Waals surface area contributed by atoms with Gasteiger partial charge in [-0.2, -0.15) is 0 Å². The third kappa shape index (κ3) is 2.77. The predicted octanol–water partition coefficient (Wildman–Crippen LogP) is 5.62. The second-order valence-electron chi connectivity index (χ2n) is 7.15. The molecule has 28 heavy (non-hydrogen) atoms. The van der Waals surface area contributed by atoms with Crippen LogP contribution in [-0.4, -0.2) is 14.5 Å². The standard InChI is InChI=1S/C25H20N2O/c1-17-12-21(20-9-4-6-18(13-20)16-28)14-27-15-24(26-25(17)27)23-11-5-8-19-7-2-3-10-22(19)23/h2-15,28H,16H2,1H3.